The van der Waals surface area contributed by atoms with Crippen LogP contribution >= 0.6 is 0 Å². The van der Waals surface area contributed by atoms with Crippen LogP contribution in [0.4, 0.5) is 13.6 Å². The van der Waals surface area contributed by atoms with Crippen LogP contribution in [0.5, 0.6) is 0 Å². The molecule has 0 bridgehead atoms. The molecular formula is C28H30F2N2O2. The van der Waals surface area contributed by atoms with Gasteiger partial charge in [-0.15, -0.1) is 0 Å². The second-order valence-corrected chi connectivity index (χ2v) is 9.60. The quantitative estimate of drug-likeness (QED) is 0.451. The minimum atomic E-state index is -0.597. The Morgan fingerprint density at radius 1 is 0.853 bits per heavy atom. The van der Waals surface area contributed by atoms with Crippen molar-refractivity contribution >= 4 is 6.09 Å². The lowest BCUT2D eigenvalue weighted by molar-refractivity contribution is -0.00597. The zero-order valence-corrected chi connectivity index (χ0v) is 19.7. The molecule has 1 aliphatic rings. The van der Waals surface area contributed by atoms with Crippen LogP contribution in [0, 0.1) is 11.6 Å². The van der Waals surface area contributed by atoms with E-state index in [1.54, 1.807) is 29.2 Å². The third kappa shape index (κ3) is 5.62. The molecule has 1 unspecified atom stereocenters. The molecule has 1 fully saturated rings. The minimum absolute atomic E-state index is 0.215. The van der Waals surface area contributed by atoms with E-state index < -0.39 is 5.60 Å². The third-order valence-electron chi connectivity index (χ3n) is 5.96. The van der Waals surface area contributed by atoms with E-state index in [1.165, 1.54) is 24.3 Å². The van der Waals surface area contributed by atoms with Crippen LogP contribution in [-0.4, -0.2) is 41.1 Å². The van der Waals surface area contributed by atoms with Crippen LogP contribution in [0.25, 0.3) is 0 Å². The molecular weight excluding hydrogens is 434 g/mol. The normalized spacial score (nSPS) is 17.1. The van der Waals surface area contributed by atoms with Gasteiger partial charge < -0.3 is 4.74 Å². The second-order valence-electron chi connectivity index (χ2n) is 9.60. The van der Waals surface area contributed by atoms with Crippen LogP contribution in [-0.2, 0) is 4.74 Å². The maximum Gasteiger partial charge on any atom is 0.410 e. The summed E-state index contributed by atoms with van der Waals surface area (Å²) in [5.74, 6) is -0.614. The van der Waals surface area contributed by atoms with E-state index >= 15 is 0 Å². The number of piperazine rings is 1. The summed E-state index contributed by atoms with van der Waals surface area (Å²) in [7, 11) is 0. The van der Waals surface area contributed by atoms with Crippen LogP contribution in [0.3, 0.4) is 0 Å². The molecule has 4 nitrogen and oxygen atoms in total. The predicted octanol–water partition coefficient (Wildman–Crippen LogP) is 6.35. The monoisotopic (exact) mass is 464 g/mol. The number of amides is 1. The number of benzene rings is 3. The van der Waals surface area contributed by atoms with Crippen molar-refractivity contribution in [3.63, 3.8) is 0 Å². The van der Waals surface area contributed by atoms with Gasteiger partial charge in [-0.05, 0) is 61.7 Å². The molecule has 0 aliphatic carbocycles. The Labute approximate surface area is 199 Å². The molecule has 1 saturated heterocycles. The van der Waals surface area contributed by atoms with Gasteiger partial charge in [-0.25, -0.2) is 13.6 Å². The van der Waals surface area contributed by atoms with Gasteiger partial charge in [0.2, 0.25) is 0 Å². The molecule has 1 heterocycles. The highest BCUT2D eigenvalue weighted by atomic mass is 19.1. The third-order valence-corrected chi connectivity index (χ3v) is 5.96. The van der Waals surface area contributed by atoms with Crippen molar-refractivity contribution in [2.45, 2.75) is 38.5 Å². The largest absolute Gasteiger partial charge is 0.444 e. The van der Waals surface area contributed by atoms with Gasteiger partial charge in [0.05, 0.1) is 12.1 Å². The van der Waals surface area contributed by atoms with Gasteiger partial charge in [-0.3, -0.25) is 9.80 Å². The first kappa shape index (κ1) is 23.9. The lowest BCUT2D eigenvalue weighted by atomic mass is 9.94. The Bertz CT molecular complexity index is 1050. The maximum atomic E-state index is 13.7. The lowest BCUT2D eigenvalue weighted by Gasteiger charge is -2.45. The van der Waals surface area contributed by atoms with E-state index in [2.05, 4.69) is 4.90 Å². The molecule has 0 saturated carbocycles. The van der Waals surface area contributed by atoms with Crippen molar-refractivity contribution in [1.29, 1.82) is 0 Å². The number of rotatable bonds is 4. The Morgan fingerprint density at radius 3 is 1.88 bits per heavy atom. The number of carbonyl (C=O) groups excluding carboxylic acids is 1. The van der Waals surface area contributed by atoms with Gasteiger partial charge in [0.25, 0.3) is 0 Å². The number of nitrogens with zero attached hydrogens (tertiary/aromatic N) is 2. The fourth-order valence-electron chi connectivity index (χ4n) is 4.44. The zero-order chi connectivity index (χ0) is 24.3. The Balaban J connectivity index is 1.70. The van der Waals surface area contributed by atoms with E-state index in [1.807, 2.05) is 51.1 Å². The molecule has 3 aromatic rings. The predicted molar refractivity (Wildman–Crippen MR) is 128 cm³/mol. The van der Waals surface area contributed by atoms with E-state index in [9.17, 15) is 13.6 Å². The number of hydrogen-bond donors (Lipinski definition) is 0. The van der Waals surface area contributed by atoms with Crippen molar-refractivity contribution in [3.05, 3.63) is 107 Å². The van der Waals surface area contributed by atoms with Gasteiger partial charge in [-0.2, -0.15) is 0 Å². The number of hydrogen-bond acceptors (Lipinski definition) is 3. The van der Waals surface area contributed by atoms with Crippen LogP contribution in [0.2, 0.25) is 0 Å². The minimum Gasteiger partial charge on any atom is -0.444 e. The van der Waals surface area contributed by atoms with Crippen molar-refractivity contribution in [2.75, 3.05) is 19.6 Å². The molecule has 0 N–H and O–H groups in total. The van der Waals surface area contributed by atoms with Gasteiger partial charge in [-0.1, -0.05) is 54.6 Å². The molecule has 0 aromatic heterocycles. The first-order valence-corrected chi connectivity index (χ1v) is 11.5. The molecule has 4 rings (SSSR count). The summed E-state index contributed by atoms with van der Waals surface area (Å²) in [5.41, 5.74) is 2.23. The summed E-state index contributed by atoms with van der Waals surface area (Å²) in [6.07, 6.45) is -0.346. The van der Waals surface area contributed by atoms with Crippen molar-refractivity contribution in [3.8, 4) is 0 Å². The molecule has 0 spiro atoms. The first-order valence-electron chi connectivity index (χ1n) is 11.5. The van der Waals surface area contributed by atoms with Crippen LogP contribution in [0.1, 0.15) is 49.5 Å². The summed E-state index contributed by atoms with van der Waals surface area (Å²) in [6.45, 7) is 7.17. The highest BCUT2D eigenvalue weighted by Gasteiger charge is 2.37. The maximum absolute atomic E-state index is 13.7. The molecule has 1 amide bonds. The molecule has 0 radical (unpaired) electrons. The molecule has 1 aliphatic heterocycles. The Morgan fingerprint density at radius 2 is 1.38 bits per heavy atom. The van der Waals surface area contributed by atoms with E-state index in [0.29, 0.717) is 19.6 Å². The summed E-state index contributed by atoms with van der Waals surface area (Å²) < 4.78 is 33.1. The molecule has 34 heavy (non-hydrogen) atoms. The first-order chi connectivity index (χ1) is 16.2. The van der Waals surface area contributed by atoms with Crippen LogP contribution < -0.4 is 0 Å². The van der Waals surface area contributed by atoms with Crippen LogP contribution in [0.15, 0.2) is 78.9 Å². The molecule has 178 valence electrons. The number of ether oxygens (including phenoxy) is 1. The van der Waals surface area contributed by atoms with E-state index in [4.69, 9.17) is 4.74 Å². The Hall–Kier alpha value is -3.25. The van der Waals surface area contributed by atoms with Crippen molar-refractivity contribution in [1.82, 2.24) is 9.80 Å². The smallest absolute Gasteiger partial charge is 0.410 e. The van der Waals surface area contributed by atoms with Gasteiger partial charge in [0.1, 0.15) is 17.2 Å². The number of carbonyl (C=O) groups is 1. The van der Waals surface area contributed by atoms with Gasteiger partial charge in [0, 0.05) is 19.6 Å². The fourth-order valence-corrected chi connectivity index (χ4v) is 4.44. The summed E-state index contributed by atoms with van der Waals surface area (Å²) in [5, 5.41) is 0. The highest BCUT2D eigenvalue weighted by molar-refractivity contribution is 5.69. The van der Waals surface area contributed by atoms with Crippen molar-refractivity contribution < 1.29 is 18.3 Å². The lowest BCUT2D eigenvalue weighted by Crippen LogP contribution is -2.52. The highest BCUT2D eigenvalue weighted by Crippen LogP contribution is 2.35. The van der Waals surface area contributed by atoms with Crippen molar-refractivity contribution in [2.24, 2.45) is 0 Å². The molecule has 1 atom stereocenters. The van der Waals surface area contributed by atoms with E-state index in [0.717, 1.165) is 16.7 Å². The topological polar surface area (TPSA) is 32.8 Å². The summed E-state index contributed by atoms with van der Waals surface area (Å²) in [6, 6.07) is 22.3. The van der Waals surface area contributed by atoms with Gasteiger partial charge in [0.15, 0.2) is 0 Å². The summed E-state index contributed by atoms with van der Waals surface area (Å²) >= 11 is 0. The number of halogens is 2. The molecule has 3 aromatic carbocycles. The Kier molecular flexibility index (Phi) is 6.98. The standard InChI is InChI=1S/C28H30F2N2O2/c1-28(2,3)34-27(33)32-18-17-31(19-25(32)20-7-5-4-6-8-20)26(21-9-13-23(29)14-10-21)22-11-15-24(30)16-12-22/h4-16,25-26H,17-19H2,1-3H3. The zero-order valence-electron chi connectivity index (χ0n) is 19.7. The fraction of sp³-hybridized carbons (Fsp3) is 0.321. The average molecular weight is 465 g/mol. The average Bonchev–Trinajstić information content (AvgIpc) is 2.81. The second kappa shape index (κ2) is 9.94. The molecule has 6 heteroatoms. The van der Waals surface area contributed by atoms with Gasteiger partial charge >= 0.3 is 6.09 Å². The summed E-state index contributed by atoms with van der Waals surface area (Å²) in [4.78, 5) is 17.1. The SMILES string of the molecule is CC(C)(C)OC(=O)N1CCN(C(c2ccc(F)cc2)c2ccc(F)cc2)CC1c1ccccc1. The van der Waals surface area contributed by atoms with E-state index in [-0.39, 0.29) is 29.8 Å².